The zero-order valence-corrected chi connectivity index (χ0v) is 21.3. The number of halogens is 2. The minimum Gasteiger partial charge on any atom is -1.00 e. The van der Waals surface area contributed by atoms with Crippen LogP contribution in [0.4, 0.5) is 0 Å². The third-order valence-electron chi connectivity index (χ3n) is 6.43. The van der Waals surface area contributed by atoms with Gasteiger partial charge in [-0.05, 0) is 27.7 Å². The van der Waals surface area contributed by atoms with E-state index < -0.39 is 0 Å². The van der Waals surface area contributed by atoms with E-state index in [4.69, 9.17) is 0 Å². The number of piperazine rings is 1. The van der Waals surface area contributed by atoms with Gasteiger partial charge in [-0.15, -0.1) is 0 Å². The molecule has 0 aliphatic carbocycles. The molecule has 0 saturated carbocycles. The zero-order chi connectivity index (χ0) is 16.6. The maximum Gasteiger partial charge on any atom is 0.0913 e. The molecule has 1 heterocycles. The molecule has 148 valence electrons. The normalized spacial score (nSPS) is 17.2. The van der Waals surface area contributed by atoms with Crippen molar-refractivity contribution in [1.82, 2.24) is 9.80 Å². The molecule has 0 amide bonds. The van der Waals surface area contributed by atoms with Gasteiger partial charge in [0.2, 0.25) is 0 Å². The highest BCUT2D eigenvalue weighted by Crippen LogP contribution is 2.07. The molecule has 1 saturated heterocycles. The molecule has 0 atom stereocenters. The number of hydrogen-bond donors (Lipinski definition) is 0. The fourth-order valence-corrected chi connectivity index (χ4v) is 3.08. The van der Waals surface area contributed by atoms with Gasteiger partial charge in [-0.25, -0.2) is 0 Å². The van der Waals surface area contributed by atoms with Crippen LogP contribution in [0, 0.1) is 0 Å². The second-order valence-corrected chi connectivity index (χ2v) is 7.63. The summed E-state index contributed by atoms with van der Waals surface area (Å²) < 4.78 is 2.42. The first-order chi connectivity index (χ1) is 10.4. The minimum absolute atomic E-state index is 0. The predicted octanol–water partition coefficient (Wildman–Crippen LogP) is -4.42. The molecule has 0 bridgehead atoms. The van der Waals surface area contributed by atoms with Crippen LogP contribution < -0.4 is 48.0 Å². The lowest BCUT2D eigenvalue weighted by Gasteiger charge is -2.39. The molecule has 0 aromatic heterocycles. The number of likely N-dealkylation sites (N-methyl/N-ethyl adjacent to an activating group) is 2. The fourth-order valence-electron chi connectivity index (χ4n) is 3.08. The first-order valence-electron chi connectivity index (χ1n) is 9.52. The van der Waals surface area contributed by atoms with Crippen molar-refractivity contribution in [3.8, 4) is 0 Å². The van der Waals surface area contributed by atoms with E-state index in [0.29, 0.717) is 0 Å². The summed E-state index contributed by atoms with van der Waals surface area (Å²) in [6.45, 7) is 24.4. The van der Waals surface area contributed by atoms with Crippen LogP contribution >= 0.6 is 0 Å². The van der Waals surface area contributed by atoms with Crippen LogP contribution in [-0.4, -0.2) is 111 Å². The van der Waals surface area contributed by atoms with Crippen LogP contribution in [0.1, 0.15) is 27.7 Å². The van der Waals surface area contributed by atoms with Gasteiger partial charge in [-0.3, -0.25) is 9.80 Å². The van der Waals surface area contributed by atoms with E-state index in [1.807, 2.05) is 0 Å². The van der Waals surface area contributed by atoms with E-state index in [2.05, 4.69) is 51.6 Å². The monoisotopic (exact) mass is 568 g/mol. The van der Waals surface area contributed by atoms with E-state index in [-0.39, 0.29) is 48.0 Å². The molecule has 0 radical (unpaired) electrons. The highest BCUT2D eigenvalue weighted by atomic mass is 127. The van der Waals surface area contributed by atoms with Gasteiger partial charge < -0.3 is 56.9 Å². The van der Waals surface area contributed by atoms with Crippen molar-refractivity contribution in [2.75, 3.05) is 92.6 Å². The fraction of sp³-hybridized carbons (Fsp3) is 1.00. The highest BCUT2D eigenvalue weighted by Gasteiger charge is 2.23. The van der Waals surface area contributed by atoms with Crippen molar-refractivity contribution in [1.29, 1.82) is 0 Å². The molecule has 1 fully saturated rings. The molecule has 0 N–H and O–H groups in total. The molecule has 0 aromatic rings. The van der Waals surface area contributed by atoms with E-state index in [1.54, 1.807) is 0 Å². The van der Waals surface area contributed by atoms with E-state index in [1.165, 1.54) is 87.5 Å². The average Bonchev–Trinajstić information content (AvgIpc) is 2.58. The maximum absolute atomic E-state index is 2.67. The summed E-state index contributed by atoms with van der Waals surface area (Å²) in [6, 6.07) is 0. The molecule has 0 spiro atoms. The molecule has 6 heteroatoms. The summed E-state index contributed by atoms with van der Waals surface area (Å²) in [4.78, 5) is 5.35. The summed E-state index contributed by atoms with van der Waals surface area (Å²) >= 11 is 0. The van der Waals surface area contributed by atoms with Crippen LogP contribution in [0.15, 0.2) is 0 Å². The van der Waals surface area contributed by atoms with Gasteiger partial charge in [-0.2, -0.15) is 0 Å². The Morgan fingerprint density at radius 1 is 0.583 bits per heavy atom. The van der Waals surface area contributed by atoms with Gasteiger partial charge in [0.05, 0.1) is 53.4 Å². The average molecular weight is 568 g/mol. The molecule has 0 unspecified atom stereocenters. The molecular weight excluding hydrogens is 526 g/mol. The maximum atomic E-state index is 2.67. The molecule has 0 aromatic carbocycles. The number of nitrogens with zero attached hydrogens (tertiary/aromatic N) is 4. The Balaban J connectivity index is 0. The summed E-state index contributed by atoms with van der Waals surface area (Å²) in [7, 11) is 4.79. The number of hydrogen-bond acceptors (Lipinski definition) is 2. The van der Waals surface area contributed by atoms with Crippen LogP contribution in [-0.2, 0) is 0 Å². The van der Waals surface area contributed by atoms with Gasteiger partial charge in [0.25, 0.3) is 0 Å². The van der Waals surface area contributed by atoms with Crippen molar-refractivity contribution in [2.45, 2.75) is 27.7 Å². The van der Waals surface area contributed by atoms with Crippen LogP contribution in [0.5, 0.6) is 0 Å². The van der Waals surface area contributed by atoms with Gasteiger partial charge in [0.15, 0.2) is 0 Å². The summed E-state index contributed by atoms with van der Waals surface area (Å²) in [5, 5.41) is 0. The predicted molar refractivity (Wildman–Crippen MR) is 97.1 cm³/mol. The van der Waals surface area contributed by atoms with Crippen molar-refractivity contribution >= 4 is 0 Å². The second kappa shape index (κ2) is 13.5. The molecule has 24 heavy (non-hydrogen) atoms. The smallest absolute Gasteiger partial charge is 0.0913 e. The molecule has 4 nitrogen and oxygen atoms in total. The van der Waals surface area contributed by atoms with Gasteiger partial charge in [-0.1, -0.05) is 0 Å². The Morgan fingerprint density at radius 3 is 1.04 bits per heavy atom. The molecular formula is C18H42I2N4. The quantitative estimate of drug-likeness (QED) is 0.194. The first kappa shape index (κ1) is 27.5. The largest absolute Gasteiger partial charge is 1.00 e. The standard InChI is InChI=1S/C18H42N4.2HI/c1-7-21(5,8-2)17-15-19-11-13-20(14-12-19)16-18-22(6,9-3)10-4;;/h7-18H2,1-6H3;2*1H/q+2;;/p-2. The summed E-state index contributed by atoms with van der Waals surface area (Å²) in [6.07, 6.45) is 0. The Bertz CT molecular complexity index is 269. The van der Waals surface area contributed by atoms with Crippen LogP contribution in [0.3, 0.4) is 0 Å². The van der Waals surface area contributed by atoms with Crippen molar-refractivity contribution < 1.29 is 56.9 Å². The zero-order valence-electron chi connectivity index (χ0n) is 17.0. The number of quaternary nitrogens is 2. The Hall–Kier alpha value is 1.30. The SMILES string of the molecule is CC[N+](C)(CC)CCN1CCN(CC[N+](C)(CC)CC)CC1.[I-].[I-]. The van der Waals surface area contributed by atoms with Gasteiger partial charge in [0, 0.05) is 39.3 Å². The molecule has 1 aliphatic heterocycles. The third-order valence-corrected chi connectivity index (χ3v) is 6.43. The van der Waals surface area contributed by atoms with E-state index in [0.717, 1.165) is 0 Å². The van der Waals surface area contributed by atoms with E-state index in [9.17, 15) is 0 Å². The highest BCUT2D eigenvalue weighted by molar-refractivity contribution is 4.71. The molecule has 1 rings (SSSR count). The summed E-state index contributed by atoms with van der Waals surface area (Å²) in [5.74, 6) is 0. The lowest BCUT2D eigenvalue weighted by atomic mass is 10.2. The van der Waals surface area contributed by atoms with Crippen molar-refractivity contribution in [3.05, 3.63) is 0 Å². The van der Waals surface area contributed by atoms with Crippen molar-refractivity contribution in [3.63, 3.8) is 0 Å². The summed E-state index contributed by atoms with van der Waals surface area (Å²) in [5.41, 5.74) is 0. The minimum atomic E-state index is 0. The van der Waals surface area contributed by atoms with Crippen LogP contribution in [0.2, 0.25) is 0 Å². The number of rotatable bonds is 10. The van der Waals surface area contributed by atoms with Crippen LogP contribution in [0.25, 0.3) is 0 Å². The van der Waals surface area contributed by atoms with E-state index >= 15 is 0 Å². The lowest BCUT2D eigenvalue weighted by molar-refractivity contribution is -0.905. The lowest BCUT2D eigenvalue weighted by Crippen LogP contribution is -3.00. The van der Waals surface area contributed by atoms with Gasteiger partial charge in [0.1, 0.15) is 0 Å². The Kier molecular flexibility index (Phi) is 15.4. The molecule has 1 aliphatic rings. The second-order valence-electron chi connectivity index (χ2n) is 7.63. The Labute approximate surface area is 186 Å². The first-order valence-corrected chi connectivity index (χ1v) is 9.52. The van der Waals surface area contributed by atoms with Crippen molar-refractivity contribution in [2.24, 2.45) is 0 Å². The third kappa shape index (κ3) is 9.30. The van der Waals surface area contributed by atoms with Gasteiger partial charge >= 0.3 is 0 Å². The topological polar surface area (TPSA) is 6.48 Å². The Morgan fingerprint density at radius 2 is 0.833 bits per heavy atom.